The number of sulfonamides is 1. The van der Waals surface area contributed by atoms with Crippen LogP contribution in [0.2, 0.25) is 0 Å². The number of hydrogen-bond acceptors (Lipinski definition) is 4. The zero-order valence-corrected chi connectivity index (χ0v) is 14.9. The van der Waals surface area contributed by atoms with Gasteiger partial charge in [0, 0.05) is 16.8 Å². The summed E-state index contributed by atoms with van der Waals surface area (Å²) in [6, 6.07) is 15.2. The van der Waals surface area contributed by atoms with Gasteiger partial charge in [-0.25, -0.2) is 13.1 Å². The number of fused-ring (bicyclic) bond motifs is 1. The Hall–Kier alpha value is -1.73. The van der Waals surface area contributed by atoms with E-state index in [0.29, 0.717) is 0 Å². The molecule has 0 saturated carbocycles. The molecule has 2 aromatic carbocycles. The molecule has 1 atom stereocenters. The van der Waals surface area contributed by atoms with Gasteiger partial charge in [-0.3, -0.25) is 0 Å². The summed E-state index contributed by atoms with van der Waals surface area (Å²) in [5, 5.41) is 13.2. The van der Waals surface area contributed by atoms with Crippen LogP contribution in [0.1, 0.15) is 22.8 Å². The molecule has 0 amide bonds. The summed E-state index contributed by atoms with van der Waals surface area (Å²) in [6.07, 6.45) is -0.867. The van der Waals surface area contributed by atoms with Crippen molar-refractivity contribution in [3.05, 3.63) is 70.6 Å². The maximum Gasteiger partial charge on any atom is 0.215 e. The number of rotatable bonds is 6. The highest BCUT2D eigenvalue weighted by atomic mass is 32.2. The van der Waals surface area contributed by atoms with Gasteiger partial charge in [0.15, 0.2) is 0 Å². The van der Waals surface area contributed by atoms with Gasteiger partial charge in [-0.15, -0.1) is 11.3 Å². The van der Waals surface area contributed by atoms with E-state index >= 15 is 0 Å². The third kappa shape index (κ3) is 4.02. The highest BCUT2D eigenvalue weighted by Crippen LogP contribution is 2.29. The van der Waals surface area contributed by atoms with Gasteiger partial charge in [0.1, 0.15) is 0 Å². The summed E-state index contributed by atoms with van der Waals surface area (Å²) < 4.78 is 28.0. The lowest BCUT2D eigenvalue weighted by Gasteiger charge is -2.12. The van der Waals surface area contributed by atoms with Crippen molar-refractivity contribution in [1.29, 1.82) is 0 Å². The van der Waals surface area contributed by atoms with Gasteiger partial charge >= 0.3 is 0 Å². The average Bonchev–Trinajstić information content (AvgIpc) is 2.99. The second kappa shape index (κ2) is 7.03. The predicted molar refractivity (Wildman–Crippen MR) is 98.6 cm³/mol. The first-order chi connectivity index (χ1) is 11.4. The maximum atomic E-state index is 12.2. The minimum absolute atomic E-state index is 0.0328. The molecule has 4 nitrogen and oxygen atoms in total. The summed E-state index contributed by atoms with van der Waals surface area (Å²) in [6.45, 7) is 1.92. The van der Waals surface area contributed by atoms with Crippen molar-refractivity contribution in [3.8, 4) is 0 Å². The van der Waals surface area contributed by atoms with Crippen molar-refractivity contribution in [1.82, 2.24) is 4.72 Å². The Morgan fingerprint density at radius 1 is 1.12 bits per heavy atom. The molecule has 24 heavy (non-hydrogen) atoms. The molecule has 6 heteroatoms. The molecule has 3 rings (SSSR count). The quantitative estimate of drug-likeness (QED) is 0.707. The van der Waals surface area contributed by atoms with Crippen molar-refractivity contribution in [2.24, 2.45) is 0 Å². The van der Waals surface area contributed by atoms with Gasteiger partial charge < -0.3 is 5.11 Å². The molecule has 0 spiro atoms. The van der Waals surface area contributed by atoms with E-state index in [2.05, 4.69) is 4.72 Å². The molecule has 1 unspecified atom stereocenters. The normalized spacial score (nSPS) is 13.2. The molecule has 0 bridgehead atoms. The van der Waals surface area contributed by atoms with Crippen LogP contribution in [0, 0.1) is 6.92 Å². The van der Waals surface area contributed by atoms with Crippen LogP contribution < -0.4 is 4.72 Å². The third-order valence-electron chi connectivity index (χ3n) is 3.84. The molecule has 0 radical (unpaired) electrons. The lowest BCUT2D eigenvalue weighted by Crippen LogP contribution is -2.29. The van der Waals surface area contributed by atoms with Crippen molar-refractivity contribution < 1.29 is 13.5 Å². The minimum atomic E-state index is -3.49. The number of hydrogen-bond donors (Lipinski definition) is 2. The summed E-state index contributed by atoms with van der Waals surface area (Å²) in [5.41, 5.74) is 2.57. The predicted octanol–water partition coefficient (Wildman–Crippen LogP) is 3.36. The molecule has 0 saturated heterocycles. The van der Waals surface area contributed by atoms with Crippen LogP contribution in [0.15, 0.2) is 53.9 Å². The van der Waals surface area contributed by atoms with Gasteiger partial charge in [0.2, 0.25) is 10.0 Å². The van der Waals surface area contributed by atoms with Gasteiger partial charge in [0.05, 0.1) is 11.9 Å². The van der Waals surface area contributed by atoms with Crippen LogP contribution >= 0.6 is 11.3 Å². The van der Waals surface area contributed by atoms with E-state index in [-0.39, 0.29) is 12.3 Å². The lowest BCUT2D eigenvalue weighted by atomic mass is 10.1. The molecule has 0 aliphatic heterocycles. The SMILES string of the molecule is Cc1ccc(CS(=O)(=O)NCC(O)c2csc3ccccc23)cc1. The number of aliphatic hydroxyl groups is 1. The van der Waals surface area contributed by atoms with Crippen molar-refractivity contribution >= 4 is 31.4 Å². The fraction of sp³-hybridized carbons (Fsp3) is 0.222. The number of aliphatic hydroxyl groups excluding tert-OH is 1. The van der Waals surface area contributed by atoms with E-state index in [9.17, 15) is 13.5 Å². The zero-order chi connectivity index (χ0) is 17.2. The first kappa shape index (κ1) is 17.1. The van der Waals surface area contributed by atoms with Crippen LogP contribution in [0.3, 0.4) is 0 Å². The maximum absolute atomic E-state index is 12.2. The number of aryl methyl sites for hydroxylation is 1. The van der Waals surface area contributed by atoms with Crippen LogP contribution in [0.5, 0.6) is 0 Å². The Morgan fingerprint density at radius 3 is 2.58 bits per heavy atom. The van der Waals surface area contributed by atoms with Gasteiger partial charge in [-0.05, 0) is 29.3 Å². The topological polar surface area (TPSA) is 66.4 Å². The standard InChI is InChI=1S/C18H19NO3S2/c1-13-6-8-14(9-7-13)12-24(21,22)19-10-17(20)16-11-23-18-5-3-2-4-15(16)18/h2-9,11,17,19-20H,10,12H2,1H3. The van der Waals surface area contributed by atoms with Crippen LogP contribution in [-0.4, -0.2) is 20.1 Å². The largest absolute Gasteiger partial charge is 0.387 e. The van der Waals surface area contributed by atoms with E-state index in [1.807, 2.05) is 48.7 Å². The first-order valence-corrected chi connectivity index (χ1v) is 10.1. The molecule has 126 valence electrons. The Kier molecular flexibility index (Phi) is 5.01. The monoisotopic (exact) mass is 361 g/mol. The van der Waals surface area contributed by atoms with E-state index in [1.54, 1.807) is 23.5 Å². The highest BCUT2D eigenvalue weighted by molar-refractivity contribution is 7.88. The second-order valence-electron chi connectivity index (χ2n) is 5.80. The molecule has 1 aromatic heterocycles. The zero-order valence-electron chi connectivity index (χ0n) is 13.3. The number of thiophene rings is 1. The van der Waals surface area contributed by atoms with Crippen LogP contribution in [0.4, 0.5) is 0 Å². The lowest BCUT2D eigenvalue weighted by molar-refractivity contribution is 0.184. The Balaban J connectivity index is 1.66. The van der Waals surface area contributed by atoms with Gasteiger partial charge in [-0.2, -0.15) is 0 Å². The molecule has 3 aromatic rings. The molecule has 1 heterocycles. The summed E-state index contributed by atoms with van der Waals surface area (Å²) in [5.74, 6) is -0.0929. The third-order valence-corrected chi connectivity index (χ3v) is 6.15. The minimum Gasteiger partial charge on any atom is -0.387 e. The average molecular weight is 361 g/mol. The molecule has 0 fully saturated rings. The smallest absolute Gasteiger partial charge is 0.215 e. The van der Waals surface area contributed by atoms with E-state index in [1.165, 1.54) is 0 Å². The van der Waals surface area contributed by atoms with E-state index < -0.39 is 16.1 Å². The highest BCUT2D eigenvalue weighted by Gasteiger charge is 2.17. The van der Waals surface area contributed by atoms with Crippen LogP contribution in [0.25, 0.3) is 10.1 Å². The molecular weight excluding hydrogens is 342 g/mol. The second-order valence-corrected chi connectivity index (χ2v) is 8.51. The van der Waals surface area contributed by atoms with Crippen LogP contribution in [-0.2, 0) is 15.8 Å². The van der Waals surface area contributed by atoms with Gasteiger partial charge in [-0.1, -0.05) is 48.0 Å². The molecule has 2 N–H and O–H groups in total. The number of benzene rings is 2. The summed E-state index contributed by atoms with van der Waals surface area (Å²) in [4.78, 5) is 0. The molecule has 0 aliphatic rings. The Labute approximate surface area is 145 Å². The first-order valence-electron chi connectivity index (χ1n) is 7.62. The Morgan fingerprint density at radius 2 is 1.83 bits per heavy atom. The fourth-order valence-corrected chi connectivity index (χ4v) is 4.68. The fourth-order valence-electron chi connectivity index (χ4n) is 2.53. The van der Waals surface area contributed by atoms with Gasteiger partial charge in [0.25, 0.3) is 0 Å². The Bertz CT molecular complexity index is 930. The molecular formula is C18H19NO3S2. The van der Waals surface area contributed by atoms with Crippen molar-refractivity contribution in [2.45, 2.75) is 18.8 Å². The number of nitrogens with one attached hydrogen (secondary N) is 1. The molecule has 0 aliphatic carbocycles. The van der Waals surface area contributed by atoms with E-state index in [0.717, 1.165) is 26.8 Å². The summed E-state index contributed by atoms with van der Waals surface area (Å²) >= 11 is 1.54. The van der Waals surface area contributed by atoms with Crippen molar-refractivity contribution in [3.63, 3.8) is 0 Å². The summed E-state index contributed by atoms with van der Waals surface area (Å²) in [7, 11) is -3.49. The van der Waals surface area contributed by atoms with E-state index in [4.69, 9.17) is 0 Å². The van der Waals surface area contributed by atoms with Crippen molar-refractivity contribution in [2.75, 3.05) is 6.54 Å².